The first-order chi connectivity index (χ1) is 8.77. The normalized spacial score (nSPS) is 22.3. The molecule has 1 N–H and O–H groups in total. The molecule has 3 nitrogen and oxygen atoms in total. The van der Waals surface area contributed by atoms with Gasteiger partial charge in [-0.2, -0.15) is 0 Å². The second-order valence-electron chi connectivity index (χ2n) is 5.48. The zero-order valence-corrected chi connectivity index (χ0v) is 11.0. The third-order valence-electron chi connectivity index (χ3n) is 4.01. The SMILES string of the molecule is CC1(Oc2cccc3c2CNCC3)CCOCC1. The lowest BCUT2D eigenvalue weighted by molar-refractivity contribution is -0.0348. The molecule has 18 heavy (non-hydrogen) atoms. The molecule has 2 aliphatic heterocycles. The molecule has 3 rings (SSSR count). The largest absolute Gasteiger partial charge is 0.487 e. The van der Waals surface area contributed by atoms with Crippen molar-refractivity contribution in [3.05, 3.63) is 29.3 Å². The van der Waals surface area contributed by atoms with Gasteiger partial charge in [-0.15, -0.1) is 0 Å². The number of rotatable bonds is 2. The van der Waals surface area contributed by atoms with E-state index in [4.69, 9.17) is 9.47 Å². The van der Waals surface area contributed by atoms with Crippen molar-refractivity contribution in [3.8, 4) is 5.75 Å². The number of fused-ring (bicyclic) bond motifs is 1. The van der Waals surface area contributed by atoms with Crippen LogP contribution in [0.25, 0.3) is 0 Å². The van der Waals surface area contributed by atoms with Crippen LogP contribution in [-0.2, 0) is 17.7 Å². The van der Waals surface area contributed by atoms with Crippen molar-refractivity contribution in [2.24, 2.45) is 0 Å². The topological polar surface area (TPSA) is 30.5 Å². The number of benzene rings is 1. The molecule has 1 saturated heterocycles. The fourth-order valence-electron chi connectivity index (χ4n) is 2.75. The molecule has 1 aromatic carbocycles. The van der Waals surface area contributed by atoms with Gasteiger partial charge < -0.3 is 14.8 Å². The molecule has 0 radical (unpaired) electrons. The molecule has 0 unspecified atom stereocenters. The van der Waals surface area contributed by atoms with Crippen LogP contribution in [0.1, 0.15) is 30.9 Å². The second-order valence-corrected chi connectivity index (χ2v) is 5.48. The maximum Gasteiger partial charge on any atom is 0.124 e. The maximum atomic E-state index is 6.32. The van der Waals surface area contributed by atoms with Gasteiger partial charge in [0, 0.05) is 24.9 Å². The Labute approximate surface area is 108 Å². The van der Waals surface area contributed by atoms with Gasteiger partial charge in [0.25, 0.3) is 0 Å². The summed E-state index contributed by atoms with van der Waals surface area (Å²) < 4.78 is 11.7. The molecule has 0 amide bonds. The summed E-state index contributed by atoms with van der Waals surface area (Å²) in [4.78, 5) is 0. The van der Waals surface area contributed by atoms with Crippen LogP contribution in [0.2, 0.25) is 0 Å². The van der Waals surface area contributed by atoms with Crippen molar-refractivity contribution >= 4 is 0 Å². The lowest BCUT2D eigenvalue weighted by Gasteiger charge is -2.35. The summed E-state index contributed by atoms with van der Waals surface area (Å²) in [5, 5.41) is 3.43. The molecule has 0 atom stereocenters. The third-order valence-corrected chi connectivity index (χ3v) is 4.01. The fourth-order valence-corrected chi connectivity index (χ4v) is 2.75. The second kappa shape index (κ2) is 4.90. The highest BCUT2D eigenvalue weighted by Crippen LogP contribution is 2.32. The van der Waals surface area contributed by atoms with E-state index in [9.17, 15) is 0 Å². The minimum Gasteiger partial charge on any atom is -0.487 e. The van der Waals surface area contributed by atoms with E-state index < -0.39 is 0 Å². The van der Waals surface area contributed by atoms with Gasteiger partial charge in [-0.25, -0.2) is 0 Å². The molecule has 1 fully saturated rings. The summed E-state index contributed by atoms with van der Waals surface area (Å²) in [5.74, 6) is 1.06. The van der Waals surface area contributed by atoms with Crippen LogP contribution in [0.15, 0.2) is 18.2 Å². The van der Waals surface area contributed by atoms with E-state index in [0.29, 0.717) is 0 Å². The predicted octanol–water partition coefficient (Wildman–Crippen LogP) is 2.28. The molecular formula is C15H21NO2. The highest BCUT2D eigenvalue weighted by Gasteiger charge is 2.30. The van der Waals surface area contributed by atoms with Crippen molar-refractivity contribution in [1.82, 2.24) is 5.32 Å². The van der Waals surface area contributed by atoms with E-state index in [-0.39, 0.29) is 5.60 Å². The van der Waals surface area contributed by atoms with Crippen LogP contribution in [-0.4, -0.2) is 25.4 Å². The van der Waals surface area contributed by atoms with Crippen molar-refractivity contribution in [2.75, 3.05) is 19.8 Å². The number of nitrogens with one attached hydrogen (secondary N) is 1. The Kier molecular flexibility index (Phi) is 3.27. The van der Waals surface area contributed by atoms with Crippen molar-refractivity contribution < 1.29 is 9.47 Å². The Hall–Kier alpha value is -1.06. The van der Waals surface area contributed by atoms with Crippen LogP contribution in [0.4, 0.5) is 0 Å². The van der Waals surface area contributed by atoms with Crippen LogP contribution in [0.5, 0.6) is 5.75 Å². The molecule has 2 heterocycles. The number of hydrogen-bond acceptors (Lipinski definition) is 3. The van der Waals surface area contributed by atoms with E-state index in [2.05, 4.69) is 30.4 Å². The van der Waals surface area contributed by atoms with E-state index in [0.717, 1.165) is 51.3 Å². The average molecular weight is 247 g/mol. The Morgan fingerprint density at radius 2 is 2.11 bits per heavy atom. The van der Waals surface area contributed by atoms with Gasteiger partial charge in [-0.3, -0.25) is 0 Å². The Morgan fingerprint density at radius 3 is 2.94 bits per heavy atom. The Bertz CT molecular complexity index is 425. The van der Waals surface area contributed by atoms with Gasteiger partial charge in [-0.1, -0.05) is 12.1 Å². The quantitative estimate of drug-likeness (QED) is 0.869. The molecule has 1 aromatic rings. The molecule has 0 saturated carbocycles. The van der Waals surface area contributed by atoms with E-state index in [1.807, 2.05) is 0 Å². The highest BCUT2D eigenvalue weighted by molar-refractivity contribution is 5.42. The van der Waals surface area contributed by atoms with Gasteiger partial charge in [0.05, 0.1) is 13.2 Å². The van der Waals surface area contributed by atoms with E-state index in [1.54, 1.807) is 0 Å². The molecule has 0 bridgehead atoms. The molecule has 98 valence electrons. The molecular weight excluding hydrogens is 226 g/mol. The van der Waals surface area contributed by atoms with Crippen molar-refractivity contribution in [2.45, 2.75) is 38.3 Å². The van der Waals surface area contributed by atoms with Gasteiger partial charge >= 0.3 is 0 Å². The average Bonchev–Trinajstić information content (AvgIpc) is 2.40. The van der Waals surface area contributed by atoms with Gasteiger partial charge in [0.15, 0.2) is 0 Å². The predicted molar refractivity (Wildman–Crippen MR) is 70.9 cm³/mol. The molecule has 2 aliphatic rings. The van der Waals surface area contributed by atoms with Crippen LogP contribution >= 0.6 is 0 Å². The highest BCUT2D eigenvalue weighted by atomic mass is 16.5. The summed E-state index contributed by atoms with van der Waals surface area (Å²) in [5.41, 5.74) is 2.71. The summed E-state index contributed by atoms with van der Waals surface area (Å²) >= 11 is 0. The Balaban J connectivity index is 1.83. The first-order valence-electron chi connectivity index (χ1n) is 6.85. The van der Waals surface area contributed by atoms with Gasteiger partial charge in [-0.05, 0) is 31.5 Å². The van der Waals surface area contributed by atoms with Gasteiger partial charge in [0.2, 0.25) is 0 Å². The lowest BCUT2D eigenvalue weighted by Crippen LogP contribution is -2.39. The van der Waals surface area contributed by atoms with Gasteiger partial charge in [0.1, 0.15) is 11.4 Å². The molecule has 0 aromatic heterocycles. The first kappa shape index (κ1) is 12.0. The summed E-state index contributed by atoms with van der Waals surface area (Å²) in [6, 6.07) is 6.43. The third kappa shape index (κ3) is 2.38. The van der Waals surface area contributed by atoms with E-state index >= 15 is 0 Å². The zero-order chi connectivity index (χ0) is 12.4. The standard InChI is InChI=1S/C15H21NO2/c1-15(6-9-17-10-7-15)18-14-4-2-3-12-5-8-16-11-13(12)14/h2-4,16H,5-11H2,1H3. The molecule has 0 aliphatic carbocycles. The fraction of sp³-hybridized carbons (Fsp3) is 0.600. The molecule has 0 spiro atoms. The Morgan fingerprint density at radius 1 is 1.28 bits per heavy atom. The minimum atomic E-state index is -0.0647. The monoisotopic (exact) mass is 247 g/mol. The van der Waals surface area contributed by atoms with E-state index in [1.165, 1.54) is 11.1 Å². The number of hydrogen-bond donors (Lipinski definition) is 1. The molecule has 3 heteroatoms. The summed E-state index contributed by atoms with van der Waals surface area (Å²) in [7, 11) is 0. The van der Waals surface area contributed by atoms with Crippen molar-refractivity contribution in [3.63, 3.8) is 0 Å². The van der Waals surface area contributed by atoms with Crippen molar-refractivity contribution in [1.29, 1.82) is 0 Å². The zero-order valence-electron chi connectivity index (χ0n) is 11.0. The maximum absolute atomic E-state index is 6.32. The van der Waals surface area contributed by atoms with Crippen LogP contribution in [0.3, 0.4) is 0 Å². The summed E-state index contributed by atoms with van der Waals surface area (Å²) in [6.45, 7) is 5.82. The summed E-state index contributed by atoms with van der Waals surface area (Å²) in [6.07, 6.45) is 3.06. The number of ether oxygens (including phenoxy) is 2. The van der Waals surface area contributed by atoms with Crippen LogP contribution < -0.4 is 10.1 Å². The minimum absolute atomic E-state index is 0.0647. The first-order valence-corrected chi connectivity index (χ1v) is 6.85. The lowest BCUT2D eigenvalue weighted by atomic mass is 9.95. The smallest absolute Gasteiger partial charge is 0.124 e. The van der Waals surface area contributed by atoms with Crippen LogP contribution in [0, 0.1) is 0 Å².